The smallest absolute Gasteiger partial charge is 0.243 e. The third kappa shape index (κ3) is 3.15. The van der Waals surface area contributed by atoms with Crippen LogP contribution in [0.15, 0.2) is 53.4 Å². The number of sulfonamides is 1. The number of rotatable bonds is 4. The first-order chi connectivity index (χ1) is 9.40. The second-order valence-corrected chi connectivity index (χ2v) is 6.11. The van der Waals surface area contributed by atoms with E-state index in [1.165, 1.54) is 36.4 Å². The third-order valence-electron chi connectivity index (χ3n) is 2.91. The van der Waals surface area contributed by atoms with E-state index in [2.05, 4.69) is 4.72 Å². The molecule has 0 aliphatic rings. The Bertz CT molecular complexity index is 699. The van der Waals surface area contributed by atoms with Gasteiger partial charge in [0.05, 0.1) is 5.69 Å². The third-order valence-corrected chi connectivity index (χ3v) is 4.53. The normalized spacial score (nSPS) is 13.1. The van der Waals surface area contributed by atoms with Gasteiger partial charge >= 0.3 is 0 Å². The lowest BCUT2D eigenvalue weighted by Crippen LogP contribution is -2.27. The van der Waals surface area contributed by atoms with E-state index in [1.54, 1.807) is 19.1 Å². The Balaban J connectivity index is 2.24. The van der Waals surface area contributed by atoms with Crippen molar-refractivity contribution in [1.82, 2.24) is 4.72 Å². The molecule has 1 atom stereocenters. The average Bonchev–Trinajstić information content (AvgIpc) is 2.39. The van der Waals surface area contributed by atoms with Gasteiger partial charge in [0.1, 0.15) is 10.7 Å². The van der Waals surface area contributed by atoms with E-state index < -0.39 is 16.1 Å². The van der Waals surface area contributed by atoms with Crippen LogP contribution in [-0.2, 0) is 10.0 Å². The van der Waals surface area contributed by atoms with E-state index in [1.807, 2.05) is 0 Å². The summed E-state index contributed by atoms with van der Waals surface area (Å²) in [4.78, 5) is 0.0361. The maximum atomic E-state index is 12.9. The van der Waals surface area contributed by atoms with E-state index in [0.717, 1.165) is 0 Å². The molecule has 0 saturated carbocycles. The fraction of sp³-hybridized carbons (Fsp3) is 0.143. The fourth-order valence-electron chi connectivity index (χ4n) is 1.84. The van der Waals surface area contributed by atoms with E-state index in [0.29, 0.717) is 5.56 Å². The molecule has 0 aliphatic heterocycles. The zero-order valence-corrected chi connectivity index (χ0v) is 11.7. The summed E-state index contributed by atoms with van der Waals surface area (Å²) in [5, 5.41) is 0. The zero-order valence-electron chi connectivity index (χ0n) is 10.9. The quantitative estimate of drug-likeness (QED) is 0.851. The molecular weight excluding hydrogens is 279 g/mol. The second-order valence-electron chi connectivity index (χ2n) is 4.43. The Morgan fingerprint density at radius 3 is 2.30 bits per heavy atom. The highest BCUT2D eigenvalue weighted by Crippen LogP contribution is 2.21. The highest BCUT2D eigenvalue weighted by molar-refractivity contribution is 7.89. The van der Waals surface area contributed by atoms with Crippen LogP contribution in [0.2, 0.25) is 0 Å². The van der Waals surface area contributed by atoms with Crippen LogP contribution in [0, 0.1) is 5.82 Å². The van der Waals surface area contributed by atoms with Crippen molar-refractivity contribution in [2.45, 2.75) is 17.9 Å². The first-order valence-electron chi connectivity index (χ1n) is 6.02. The number of nitrogens with two attached hydrogens (primary N) is 1. The molecule has 2 rings (SSSR count). The number of nitrogens with one attached hydrogen (secondary N) is 1. The van der Waals surface area contributed by atoms with Gasteiger partial charge in [-0.2, -0.15) is 0 Å². The lowest BCUT2D eigenvalue weighted by atomic mass is 10.1. The lowest BCUT2D eigenvalue weighted by Gasteiger charge is -2.15. The van der Waals surface area contributed by atoms with Crippen molar-refractivity contribution >= 4 is 15.7 Å². The van der Waals surface area contributed by atoms with Crippen molar-refractivity contribution in [1.29, 1.82) is 0 Å². The van der Waals surface area contributed by atoms with Crippen molar-refractivity contribution in [2.75, 3.05) is 5.73 Å². The molecule has 20 heavy (non-hydrogen) atoms. The minimum Gasteiger partial charge on any atom is -0.398 e. The molecule has 6 heteroatoms. The monoisotopic (exact) mass is 294 g/mol. The van der Waals surface area contributed by atoms with Crippen molar-refractivity contribution in [3.63, 3.8) is 0 Å². The molecule has 0 aliphatic carbocycles. The number of anilines is 1. The number of para-hydroxylation sites is 1. The second kappa shape index (κ2) is 5.60. The van der Waals surface area contributed by atoms with E-state index >= 15 is 0 Å². The summed E-state index contributed by atoms with van der Waals surface area (Å²) in [6, 6.07) is 11.4. The summed E-state index contributed by atoms with van der Waals surface area (Å²) in [5.41, 5.74) is 6.53. The summed E-state index contributed by atoms with van der Waals surface area (Å²) in [7, 11) is -3.72. The Labute approximate surface area is 117 Å². The molecule has 0 aromatic heterocycles. The van der Waals surface area contributed by atoms with Gasteiger partial charge in [-0.1, -0.05) is 24.3 Å². The topological polar surface area (TPSA) is 72.2 Å². The maximum Gasteiger partial charge on any atom is 0.243 e. The fourth-order valence-corrected chi connectivity index (χ4v) is 3.21. The first kappa shape index (κ1) is 14.5. The van der Waals surface area contributed by atoms with Crippen molar-refractivity contribution < 1.29 is 12.8 Å². The van der Waals surface area contributed by atoms with Crippen LogP contribution >= 0.6 is 0 Å². The van der Waals surface area contributed by atoms with Gasteiger partial charge in [-0.3, -0.25) is 0 Å². The van der Waals surface area contributed by atoms with Gasteiger partial charge in [-0.25, -0.2) is 17.5 Å². The van der Waals surface area contributed by atoms with Crippen LogP contribution in [-0.4, -0.2) is 8.42 Å². The van der Waals surface area contributed by atoms with Gasteiger partial charge in [0.15, 0.2) is 0 Å². The van der Waals surface area contributed by atoms with E-state index in [4.69, 9.17) is 5.73 Å². The summed E-state index contributed by atoms with van der Waals surface area (Å²) < 4.78 is 39.8. The maximum absolute atomic E-state index is 12.9. The van der Waals surface area contributed by atoms with Gasteiger partial charge in [-0.05, 0) is 36.8 Å². The number of nitrogen functional groups attached to an aromatic ring is 1. The number of halogens is 1. The molecule has 0 spiro atoms. The van der Waals surface area contributed by atoms with Crippen LogP contribution in [0.5, 0.6) is 0 Å². The Kier molecular flexibility index (Phi) is 4.06. The van der Waals surface area contributed by atoms with Crippen LogP contribution in [0.25, 0.3) is 0 Å². The highest BCUT2D eigenvalue weighted by Gasteiger charge is 2.20. The van der Waals surface area contributed by atoms with Crippen LogP contribution in [0.1, 0.15) is 18.5 Å². The van der Waals surface area contributed by atoms with Gasteiger partial charge in [0.25, 0.3) is 0 Å². The molecule has 0 fully saturated rings. The SMILES string of the molecule is CC(NS(=O)(=O)c1ccccc1N)c1ccc(F)cc1. The van der Waals surface area contributed by atoms with Crippen molar-refractivity contribution in [3.05, 3.63) is 59.9 Å². The Hall–Kier alpha value is -1.92. The predicted octanol–water partition coefficient (Wildman–Crippen LogP) is 2.45. The molecular formula is C14H15FN2O2S. The molecule has 0 radical (unpaired) electrons. The summed E-state index contributed by atoms with van der Waals surface area (Å²) in [6.45, 7) is 1.68. The summed E-state index contributed by atoms with van der Waals surface area (Å²) >= 11 is 0. The predicted molar refractivity (Wildman–Crippen MR) is 76.0 cm³/mol. The minimum atomic E-state index is -3.72. The molecule has 0 saturated heterocycles. The number of benzene rings is 2. The van der Waals surface area contributed by atoms with Gasteiger partial charge in [0.2, 0.25) is 10.0 Å². The van der Waals surface area contributed by atoms with Crippen molar-refractivity contribution in [3.8, 4) is 0 Å². The van der Waals surface area contributed by atoms with E-state index in [-0.39, 0.29) is 16.4 Å². The molecule has 2 aromatic carbocycles. The molecule has 2 aromatic rings. The van der Waals surface area contributed by atoms with Gasteiger partial charge in [0, 0.05) is 6.04 Å². The van der Waals surface area contributed by atoms with Crippen LogP contribution in [0.3, 0.4) is 0 Å². The lowest BCUT2D eigenvalue weighted by molar-refractivity contribution is 0.567. The molecule has 0 bridgehead atoms. The molecule has 0 amide bonds. The first-order valence-corrected chi connectivity index (χ1v) is 7.51. The van der Waals surface area contributed by atoms with Crippen molar-refractivity contribution in [2.24, 2.45) is 0 Å². The standard InChI is InChI=1S/C14H15FN2O2S/c1-10(11-6-8-12(15)9-7-11)17-20(18,19)14-5-3-2-4-13(14)16/h2-10,17H,16H2,1H3. The number of hydrogen-bond acceptors (Lipinski definition) is 3. The summed E-state index contributed by atoms with van der Waals surface area (Å²) in [5.74, 6) is -0.365. The largest absolute Gasteiger partial charge is 0.398 e. The Morgan fingerprint density at radius 2 is 1.70 bits per heavy atom. The zero-order chi connectivity index (χ0) is 14.8. The number of hydrogen-bond donors (Lipinski definition) is 2. The molecule has 0 heterocycles. The van der Waals surface area contributed by atoms with E-state index in [9.17, 15) is 12.8 Å². The van der Waals surface area contributed by atoms with Gasteiger partial charge in [-0.15, -0.1) is 0 Å². The summed E-state index contributed by atoms with van der Waals surface area (Å²) in [6.07, 6.45) is 0. The van der Waals surface area contributed by atoms with Gasteiger partial charge < -0.3 is 5.73 Å². The molecule has 4 nitrogen and oxygen atoms in total. The Morgan fingerprint density at radius 1 is 1.10 bits per heavy atom. The molecule has 106 valence electrons. The average molecular weight is 294 g/mol. The highest BCUT2D eigenvalue weighted by atomic mass is 32.2. The van der Waals surface area contributed by atoms with Crippen LogP contribution in [0.4, 0.5) is 10.1 Å². The minimum absolute atomic E-state index is 0.0361. The molecule has 3 N–H and O–H groups in total. The molecule has 1 unspecified atom stereocenters. The van der Waals surface area contributed by atoms with Crippen LogP contribution < -0.4 is 10.5 Å².